The molecular formula is C51H54O12S. The van der Waals surface area contributed by atoms with E-state index in [4.69, 9.17) is 42.6 Å². The van der Waals surface area contributed by atoms with Crippen LogP contribution >= 0.6 is 11.8 Å². The van der Waals surface area contributed by atoms with Crippen molar-refractivity contribution in [2.45, 2.75) is 101 Å². The first-order valence-corrected chi connectivity index (χ1v) is 22.5. The molecule has 0 unspecified atom stereocenters. The minimum absolute atomic E-state index is 0.0130. The molecule has 7 rings (SSSR count). The summed E-state index contributed by atoms with van der Waals surface area (Å²) in [6.07, 6.45) is -9.42. The quantitative estimate of drug-likeness (QED) is 0.0581. The monoisotopic (exact) mass is 890 g/mol. The summed E-state index contributed by atoms with van der Waals surface area (Å²) in [7, 11) is 0. The SMILES string of the molecule is CCS[C@@H]1O[C@H](COCc2ccccc2)[C@@H](O[C@@H]2O[C@@H](C)[C@H](OC(C)=O)[C@@H](OCc3ccccc3)[C@H]2OCc2ccccc2)[C@H](OC(=O)c2ccccc2)[C@H]1OC(=O)c1ccccc1. The topological polar surface area (TPSA) is 134 Å². The van der Waals surface area contributed by atoms with Crippen molar-refractivity contribution in [2.24, 2.45) is 0 Å². The van der Waals surface area contributed by atoms with E-state index in [9.17, 15) is 14.4 Å². The van der Waals surface area contributed by atoms with Gasteiger partial charge in [0.1, 0.15) is 29.9 Å². The summed E-state index contributed by atoms with van der Waals surface area (Å²) < 4.78 is 59.0. The van der Waals surface area contributed by atoms with Crippen molar-refractivity contribution in [3.05, 3.63) is 179 Å². The van der Waals surface area contributed by atoms with E-state index in [-0.39, 0.29) is 32.0 Å². The molecule has 2 aliphatic rings. The van der Waals surface area contributed by atoms with Crippen LogP contribution in [0.4, 0.5) is 0 Å². The maximum atomic E-state index is 14.2. The Bertz CT molecular complexity index is 2180. The second-order valence-electron chi connectivity index (χ2n) is 15.4. The first-order chi connectivity index (χ1) is 31.3. The molecule has 0 N–H and O–H groups in total. The zero-order valence-corrected chi connectivity index (χ0v) is 36.9. The molecule has 5 aromatic rings. The molecule has 336 valence electrons. The highest BCUT2D eigenvalue weighted by atomic mass is 32.2. The van der Waals surface area contributed by atoms with E-state index in [2.05, 4.69) is 0 Å². The van der Waals surface area contributed by atoms with E-state index in [1.807, 2.05) is 97.9 Å². The lowest BCUT2D eigenvalue weighted by molar-refractivity contribution is -0.346. The predicted octanol–water partition coefficient (Wildman–Crippen LogP) is 8.36. The summed E-state index contributed by atoms with van der Waals surface area (Å²) in [5.74, 6) is -1.26. The summed E-state index contributed by atoms with van der Waals surface area (Å²) in [6.45, 7) is 5.56. The van der Waals surface area contributed by atoms with Crippen LogP contribution in [-0.2, 0) is 67.2 Å². The van der Waals surface area contributed by atoms with E-state index in [0.717, 1.165) is 16.7 Å². The molecule has 0 saturated carbocycles. The predicted molar refractivity (Wildman–Crippen MR) is 239 cm³/mol. The molecule has 0 bridgehead atoms. The van der Waals surface area contributed by atoms with Gasteiger partial charge in [-0.25, -0.2) is 9.59 Å². The lowest BCUT2D eigenvalue weighted by atomic mass is 9.96. The van der Waals surface area contributed by atoms with Crippen LogP contribution in [0.2, 0.25) is 0 Å². The molecule has 2 saturated heterocycles. The van der Waals surface area contributed by atoms with Crippen molar-refractivity contribution < 1.29 is 57.0 Å². The highest BCUT2D eigenvalue weighted by Crippen LogP contribution is 2.38. The molecule has 2 fully saturated rings. The summed E-state index contributed by atoms with van der Waals surface area (Å²) in [4.78, 5) is 40.8. The van der Waals surface area contributed by atoms with Gasteiger partial charge in [0.25, 0.3) is 0 Å². The molecule has 0 radical (unpaired) electrons. The molecule has 0 amide bonds. The number of rotatable bonds is 19. The molecule has 0 aromatic heterocycles. The fourth-order valence-electron chi connectivity index (χ4n) is 7.62. The van der Waals surface area contributed by atoms with Gasteiger partial charge in [0.15, 0.2) is 24.6 Å². The Morgan fingerprint density at radius 1 is 0.531 bits per heavy atom. The zero-order chi connectivity index (χ0) is 44.7. The van der Waals surface area contributed by atoms with Gasteiger partial charge in [-0.2, -0.15) is 0 Å². The fourth-order valence-corrected chi connectivity index (χ4v) is 8.57. The van der Waals surface area contributed by atoms with Crippen LogP contribution in [0.25, 0.3) is 0 Å². The van der Waals surface area contributed by atoms with Gasteiger partial charge in [0.05, 0.1) is 43.7 Å². The molecule has 12 nitrogen and oxygen atoms in total. The van der Waals surface area contributed by atoms with E-state index in [1.54, 1.807) is 67.6 Å². The molecule has 64 heavy (non-hydrogen) atoms. The number of benzene rings is 5. The van der Waals surface area contributed by atoms with Crippen molar-refractivity contribution in [1.29, 1.82) is 0 Å². The third kappa shape index (κ3) is 12.7. The lowest BCUT2D eigenvalue weighted by Gasteiger charge is -2.49. The third-order valence-corrected chi connectivity index (χ3v) is 11.8. The minimum atomic E-state index is -1.27. The van der Waals surface area contributed by atoms with Crippen LogP contribution in [0, 0.1) is 0 Å². The highest BCUT2D eigenvalue weighted by molar-refractivity contribution is 7.99. The molecule has 0 spiro atoms. The molecule has 13 heteroatoms. The Balaban J connectivity index is 1.29. The summed E-state index contributed by atoms with van der Waals surface area (Å²) in [5, 5.41) is 0. The first-order valence-electron chi connectivity index (χ1n) is 21.5. The van der Waals surface area contributed by atoms with Crippen LogP contribution in [0.1, 0.15) is 58.2 Å². The average molecular weight is 891 g/mol. The largest absolute Gasteiger partial charge is 0.457 e. The maximum Gasteiger partial charge on any atom is 0.338 e. The van der Waals surface area contributed by atoms with Crippen LogP contribution in [0.15, 0.2) is 152 Å². The van der Waals surface area contributed by atoms with Gasteiger partial charge in [0.2, 0.25) is 0 Å². The standard InChI is InChI=1S/C51H54O12S/c1-4-64-51-47(62-49(54)40-28-18-9-19-29-40)45(61-48(53)39-26-16-8-17-27-39)43(41(60-51)33-55-30-36-20-10-5-11-21-36)63-50-46(57-32-38-24-14-7-15-25-38)44(42(34(2)58-50)59-35(3)52)56-31-37-22-12-6-13-23-37/h5-29,34,41-47,50-51H,4,30-33H2,1-3H3/t34-,41+,42-,43+,44+,45-,46+,47+,50-,51-/m0/s1. The summed E-state index contributed by atoms with van der Waals surface area (Å²) >= 11 is 1.40. The first kappa shape index (κ1) is 46.6. The third-order valence-electron chi connectivity index (χ3n) is 10.7. The Morgan fingerprint density at radius 3 is 1.50 bits per heavy atom. The highest BCUT2D eigenvalue weighted by Gasteiger charge is 2.55. The summed E-state index contributed by atoms with van der Waals surface area (Å²) in [6, 6.07) is 46.0. The van der Waals surface area contributed by atoms with E-state index < -0.39 is 78.5 Å². The van der Waals surface area contributed by atoms with Crippen molar-refractivity contribution in [2.75, 3.05) is 12.4 Å². The molecule has 2 aliphatic heterocycles. The Morgan fingerprint density at radius 2 is 1.00 bits per heavy atom. The molecule has 10 atom stereocenters. The Kier molecular flexibility index (Phi) is 17.1. The van der Waals surface area contributed by atoms with Crippen molar-refractivity contribution in [3.8, 4) is 0 Å². The van der Waals surface area contributed by atoms with E-state index in [1.165, 1.54) is 18.7 Å². The number of thioether (sulfide) groups is 1. The van der Waals surface area contributed by atoms with Gasteiger partial charge in [-0.05, 0) is 53.6 Å². The van der Waals surface area contributed by atoms with Gasteiger partial charge in [-0.1, -0.05) is 134 Å². The van der Waals surface area contributed by atoms with Crippen LogP contribution < -0.4 is 0 Å². The Labute approximate surface area is 378 Å². The van der Waals surface area contributed by atoms with E-state index >= 15 is 0 Å². The number of carbonyl (C=O) groups excluding carboxylic acids is 3. The number of esters is 3. The summed E-state index contributed by atoms with van der Waals surface area (Å²) in [5.41, 5.74) is 2.45. The van der Waals surface area contributed by atoms with Crippen LogP contribution in [0.3, 0.4) is 0 Å². The number of hydrogen-bond donors (Lipinski definition) is 0. The van der Waals surface area contributed by atoms with Gasteiger partial charge < -0.3 is 42.6 Å². The second-order valence-corrected chi connectivity index (χ2v) is 16.8. The zero-order valence-electron chi connectivity index (χ0n) is 36.1. The Hall–Kier alpha value is -5.38. The average Bonchev–Trinajstić information content (AvgIpc) is 3.32. The maximum absolute atomic E-state index is 14.2. The van der Waals surface area contributed by atoms with E-state index in [0.29, 0.717) is 11.3 Å². The van der Waals surface area contributed by atoms with Gasteiger partial charge in [-0.15, -0.1) is 11.8 Å². The van der Waals surface area contributed by atoms with Gasteiger partial charge in [-0.3, -0.25) is 4.79 Å². The van der Waals surface area contributed by atoms with Gasteiger partial charge in [0, 0.05) is 6.92 Å². The number of ether oxygens (including phenoxy) is 9. The molecular weight excluding hydrogens is 837 g/mol. The second kappa shape index (κ2) is 23.5. The van der Waals surface area contributed by atoms with Crippen molar-refractivity contribution in [3.63, 3.8) is 0 Å². The molecule has 0 aliphatic carbocycles. The van der Waals surface area contributed by atoms with Gasteiger partial charge >= 0.3 is 17.9 Å². The normalized spacial score (nSPS) is 25.5. The molecule has 2 heterocycles. The van der Waals surface area contributed by atoms with Crippen LogP contribution in [0.5, 0.6) is 0 Å². The van der Waals surface area contributed by atoms with Crippen molar-refractivity contribution in [1.82, 2.24) is 0 Å². The number of hydrogen-bond acceptors (Lipinski definition) is 13. The lowest BCUT2D eigenvalue weighted by Crippen LogP contribution is -2.65. The minimum Gasteiger partial charge on any atom is -0.457 e. The van der Waals surface area contributed by atoms with Crippen molar-refractivity contribution >= 4 is 29.7 Å². The number of carbonyl (C=O) groups is 3. The molecule has 5 aromatic carbocycles. The van der Waals surface area contributed by atoms with Crippen LogP contribution in [-0.4, -0.2) is 90.8 Å². The fraction of sp³-hybridized carbons (Fsp3) is 0.353. The smallest absolute Gasteiger partial charge is 0.338 e.